The molecule has 0 spiro atoms. The third-order valence-corrected chi connectivity index (χ3v) is 3.32. The van der Waals surface area contributed by atoms with Crippen LogP contribution in [-0.2, 0) is 12.1 Å². The lowest BCUT2D eigenvalue weighted by molar-refractivity contribution is -0.0519. The SMILES string of the molecule is COc1cccc(CNCC(C)(O)c2ccco2)c1OC(F)F. The van der Waals surface area contributed by atoms with Crippen molar-refractivity contribution in [3.63, 3.8) is 0 Å². The summed E-state index contributed by atoms with van der Waals surface area (Å²) >= 11 is 0. The molecule has 23 heavy (non-hydrogen) atoms. The second kappa shape index (κ2) is 7.43. The second-order valence-electron chi connectivity index (χ2n) is 5.18. The van der Waals surface area contributed by atoms with Crippen molar-refractivity contribution in [2.75, 3.05) is 13.7 Å². The van der Waals surface area contributed by atoms with Crippen molar-refractivity contribution in [1.82, 2.24) is 5.32 Å². The number of hydrogen-bond donors (Lipinski definition) is 2. The number of furan rings is 1. The zero-order chi connectivity index (χ0) is 16.9. The average molecular weight is 327 g/mol. The van der Waals surface area contributed by atoms with Crippen molar-refractivity contribution < 1.29 is 27.8 Å². The van der Waals surface area contributed by atoms with Gasteiger partial charge in [0.25, 0.3) is 0 Å². The summed E-state index contributed by atoms with van der Waals surface area (Å²) in [4.78, 5) is 0. The summed E-state index contributed by atoms with van der Waals surface area (Å²) in [5.41, 5.74) is -0.716. The first-order valence-corrected chi connectivity index (χ1v) is 7.02. The number of para-hydroxylation sites is 1. The first-order valence-electron chi connectivity index (χ1n) is 7.02. The Labute approximate surface area is 132 Å². The fraction of sp³-hybridized carbons (Fsp3) is 0.375. The molecule has 5 nitrogen and oxygen atoms in total. The number of aliphatic hydroxyl groups is 1. The van der Waals surface area contributed by atoms with Crippen molar-refractivity contribution in [3.8, 4) is 11.5 Å². The van der Waals surface area contributed by atoms with E-state index in [0.29, 0.717) is 11.3 Å². The molecule has 1 aromatic carbocycles. The Bertz CT molecular complexity index is 615. The Morgan fingerprint density at radius 2 is 2.09 bits per heavy atom. The normalized spacial score (nSPS) is 13.8. The van der Waals surface area contributed by atoms with Crippen molar-refractivity contribution in [2.45, 2.75) is 25.7 Å². The highest BCUT2D eigenvalue weighted by molar-refractivity contribution is 5.46. The van der Waals surface area contributed by atoms with Gasteiger partial charge in [-0.3, -0.25) is 0 Å². The van der Waals surface area contributed by atoms with Gasteiger partial charge in [0.2, 0.25) is 0 Å². The van der Waals surface area contributed by atoms with E-state index >= 15 is 0 Å². The molecule has 2 N–H and O–H groups in total. The minimum Gasteiger partial charge on any atom is -0.493 e. The maximum absolute atomic E-state index is 12.6. The number of hydrogen-bond acceptors (Lipinski definition) is 5. The highest BCUT2D eigenvalue weighted by Crippen LogP contribution is 2.32. The third kappa shape index (κ3) is 4.43. The molecule has 1 aromatic heterocycles. The van der Waals surface area contributed by atoms with Gasteiger partial charge in [-0.25, -0.2) is 0 Å². The third-order valence-electron chi connectivity index (χ3n) is 3.32. The monoisotopic (exact) mass is 327 g/mol. The van der Waals surface area contributed by atoms with E-state index < -0.39 is 12.2 Å². The highest BCUT2D eigenvalue weighted by atomic mass is 19.3. The number of nitrogens with one attached hydrogen (secondary N) is 1. The van der Waals surface area contributed by atoms with Crippen LogP contribution in [0, 0.1) is 0 Å². The molecule has 1 heterocycles. The Kier molecular flexibility index (Phi) is 5.57. The molecule has 0 fully saturated rings. The van der Waals surface area contributed by atoms with Gasteiger partial charge in [0, 0.05) is 18.7 Å². The van der Waals surface area contributed by atoms with Gasteiger partial charge in [0.1, 0.15) is 11.4 Å². The van der Waals surface area contributed by atoms with Crippen molar-refractivity contribution in [3.05, 3.63) is 47.9 Å². The van der Waals surface area contributed by atoms with Crippen LogP contribution in [0.5, 0.6) is 11.5 Å². The predicted octanol–water partition coefficient (Wildman–Crippen LogP) is 2.89. The smallest absolute Gasteiger partial charge is 0.387 e. The summed E-state index contributed by atoms with van der Waals surface area (Å²) in [5, 5.41) is 13.3. The molecule has 0 aliphatic heterocycles. The molecule has 0 saturated carbocycles. The standard InChI is InChI=1S/C16H19F2NO4/c1-16(20,13-7-4-8-22-13)10-19-9-11-5-3-6-12(21-2)14(11)23-15(17)18/h3-8,15,19-20H,9-10H2,1-2H3. The van der Waals surface area contributed by atoms with Crippen LogP contribution in [0.2, 0.25) is 0 Å². The molecule has 0 amide bonds. The average Bonchev–Trinajstić information content (AvgIpc) is 3.03. The van der Waals surface area contributed by atoms with E-state index in [0.717, 1.165) is 0 Å². The van der Waals surface area contributed by atoms with E-state index in [-0.39, 0.29) is 24.6 Å². The zero-order valence-electron chi connectivity index (χ0n) is 12.9. The first-order chi connectivity index (χ1) is 10.9. The number of halogens is 2. The fourth-order valence-electron chi connectivity index (χ4n) is 2.20. The van der Waals surface area contributed by atoms with E-state index in [9.17, 15) is 13.9 Å². The quantitative estimate of drug-likeness (QED) is 0.780. The van der Waals surface area contributed by atoms with Gasteiger partial charge in [-0.2, -0.15) is 8.78 Å². The van der Waals surface area contributed by atoms with E-state index in [1.54, 1.807) is 37.3 Å². The Balaban J connectivity index is 2.05. The van der Waals surface area contributed by atoms with E-state index in [1.807, 2.05) is 0 Å². The summed E-state index contributed by atoms with van der Waals surface area (Å²) < 4.78 is 39.9. The van der Waals surface area contributed by atoms with E-state index in [2.05, 4.69) is 10.1 Å². The van der Waals surface area contributed by atoms with E-state index in [4.69, 9.17) is 9.15 Å². The molecular weight excluding hydrogens is 308 g/mol. The summed E-state index contributed by atoms with van der Waals surface area (Å²) in [6.07, 6.45) is 1.47. The molecule has 126 valence electrons. The summed E-state index contributed by atoms with van der Waals surface area (Å²) in [7, 11) is 1.38. The Hall–Kier alpha value is -2.12. The number of ether oxygens (including phenoxy) is 2. The molecule has 2 rings (SSSR count). The van der Waals surface area contributed by atoms with Crippen LogP contribution in [0.15, 0.2) is 41.0 Å². The van der Waals surface area contributed by atoms with Crippen LogP contribution >= 0.6 is 0 Å². The number of alkyl halides is 2. The van der Waals surface area contributed by atoms with Gasteiger partial charge in [0.15, 0.2) is 11.5 Å². The largest absolute Gasteiger partial charge is 0.493 e. The first kappa shape index (κ1) is 17.2. The number of methoxy groups -OCH3 is 1. The van der Waals surface area contributed by atoms with Gasteiger partial charge in [-0.05, 0) is 25.1 Å². The van der Waals surface area contributed by atoms with Gasteiger partial charge in [-0.1, -0.05) is 12.1 Å². The molecule has 2 aromatic rings. The lowest BCUT2D eigenvalue weighted by Crippen LogP contribution is -2.34. The lowest BCUT2D eigenvalue weighted by atomic mass is 10.0. The second-order valence-corrected chi connectivity index (χ2v) is 5.18. The summed E-state index contributed by atoms with van der Waals surface area (Å²) in [6, 6.07) is 8.22. The molecule has 0 saturated heterocycles. The Morgan fingerprint density at radius 1 is 1.30 bits per heavy atom. The molecule has 0 aliphatic rings. The summed E-state index contributed by atoms with van der Waals surface area (Å²) in [6.45, 7) is -0.959. The zero-order valence-corrected chi connectivity index (χ0v) is 12.9. The lowest BCUT2D eigenvalue weighted by Gasteiger charge is -2.22. The van der Waals surface area contributed by atoms with Gasteiger partial charge >= 0.3 is 6.61 Å². The highest BCUT2D eigenvalue weighted by Gasteiger charge is 2.26. The number of benzene rings is 1. The topological polar surface area (TPSA) is 63.9 Å². The minimum atomic E-state index is -2.95. The molecule has 1 unspecified atom stereocenters. The van der Waals surface area contributed by atoms with Crippen LogP contribution in [0.4, 0.5) is 8.78 Å². The van der Waals surface area contributed by atoms with E-state index in [1.165, 1.54) is 13.4 Å². The molecule has 0 radical (unpaired) electrons. The van der Waals surface area contributed by atoms with Crippen LogP contribution in [0.1, 0.15) is 18.2 Å². The van der Waals surface area contributed by atoms with Crippen molar-refractivity contribution >= 4 is 0 Å². The maximum atomic E-state index is 12.6. The van der Waals surface area contributed by atoms with Crippen LogP contribution in [0.25, 0.3) is 0 Å². The van der Waals surface area contributed by atoms with Crippen molar-refractivity contribution in [1.29, 1.82) is 0 Å². The summed E-state index contributed by atoms with van der Waals surface area (Å²) in [5.74, 6) is 0.622. The predicted molar refractivity (Wildman–Crippen MR) is 79.6 cm³/mol. The van der Waals surface area contributed by atoms with Gasteiger partial charge in [0.05, 0.1) is 13.4 Å². The molecular formula is C16H19F2NO4. The number of rotatable bonds is 8. The fourth-order valence-corrected chi connectivity index (χ4v) is 2.20. The van der Waals surface area contributed by atoms with Crippen LogP contribution in [-0.4, -0.2) is 25.4 Å². The van der Waals surface area contributed by atoms with Gasteiger partial charge in [-0.15, -0.1) is 0 Å². The maximum Gasteiger partial charge on any atom is 0.387 e. The van der Waals surface area contributed by atoms with Crippen LogP contribution in [0.3, 0.4) is 0 Å². The van der Waals surface area contributed by atoms with Crippen LogP contribution < -0.4 is 14.8 Å². The molecule has 1 atom stereocenters. The molecule has 7 heteroatoms. The van der Waals surface area contributed by atoms with Crippen molar-refractivity contribution in [2.24, 2.45) is 0 Å². The molecule has 0 bridgehead atoms. The minimum absolute atomic E-state index is 0.0184. The molecule has 0 aliphatic carbocycles. The Morgan fingerprint density at radius 3 is 2.70 bits per heavy atom. The van der Waals surface area contributed by atoms with Gasteiger partial charge < -0.3 is 24.3 Å².